The van der Waals surface area contributed by atoms with E-state index in [1.807, 2.05) is 25.0 Å². The van der Waals surface area contributed by atoms with Gasteiger partial charge in [-0.2, -0.15) is 0 Å². The van der Waals surface area contributed by atoms with Crippen molar-refractivity contribution in [2.24, 2.45) is 0 Å². The van der Waals surface area contributed by atoms with E-state index in [9.17, 15) is 8.42 Å². The summed E-state index contributed by atoms with van der Waals surface area (Å²) in [6.07, 6.45) is 5.67. The third-order valence-electron chi connectivity index (χ3n) is 4.05. The molecule has 0 unspecified atom stereocenters. The molecule has 1 atom stereocenters. The fraction of sp³-hybridized carbons (Fsp3) is 0.571. The van der Waals surface area contributed by atoms with Crippen LogP contribution in [0.5, 0.6) is 0 Å². The summed E-state index contributed by atoms with van der Waals surface area (Å²) in [5.74, 6) is 0. The maximum absolute atomic E-state index is 11.2. The van der Waals surface area contributed by atoms with Crippen molar-refractivity contribution in [1.82, 2.24) is 24.2 Å². The number of rotatable bonds is 6. The number of fused-ring (bicyclic) bond motifs is 1. The van der Waals surface area contributed by atoms with Crippen LogP contribution in [0.1, 0.15) is 28.7 Å². The van der Waals surface area contributed by atoms with Crippen LogP contribution in [0.15, 0.2) is 18.0 Å². The molecule has 0 radical (unpaired) electrons. The highest BCUT2D eigenvalue weighted by Gasteiger charge is 2.25. The van der Waals surface area contributed by atoms with Gasteiger partial charge in [0.25, 0.3) is 0 Å². The minimum absolute atomic E-state index is 0.226. The molecule has 3 rings (SSSR count). The number of sulfonamides is 1. The first-order chi connectivity index (χ1) is 10.9. The highest BCUT2D eigenvalue weighted by molar-refractivity contribution is 7.88. The Morgan fingerprint density at radius 3 is 3.00 bits per heavy atom. The summed E-state index contributed by atoms with van der Waals surface area (Å²) in [5, 5.41) is 0. The molecule has 3 heterocycles. The molecule has 0 saturated carbocycles. The van der Waals surface area contributed by atoms with Crippen molar-refractivity contribution >= 4 is 21.4 Å². The molecular formula is C14H21N5O2S2. The molecule has 0 fully saturated rings. The number of hydrogen-bond acceptors (Lipinski definition) is 6. The van der Waals surface area contributed by atoms with Gasteiger partial charge < -0.3 is 4.57 Å². The first kappa shape index (κ1) is 16.6. The number of imidazole rings is 1. The highest BCUT2D eigenvalue weighted by Crippen LogP contribution is 2.26. The lowest BCUT2D eigenvalue weighted by Gasteiger charge is -2.34. The van der Waals surface area contributed by atoms with Gasteiger partial charge in [0.2, 0.25) is 10.0 Å². The standard InChI is InChI=1S/C14H21N5O2S2/c1-11-14(22-10-16-11)8-18-6-12(3-4-17-23(2,20)21)19-9-15-5-13(19)7-18/h5,9-10,12,17H,3-4,6-8H2,1-2H3/t12-/m0/s1. The van der Waals surface area contributed by atoms with Gasteiger partial charge in [-0.15, -0.1) is 11.3 Å². The Morgan fingerprint density at radius 1 is 1.48 bits per heavy atom. The number of thiazole rings is 1. The summed E-state index contributed by atoms with van der Waals surface area (Å²) in [5.41, 5.74) is 4.14. The topological polar surface area (TPSA) is 80.1 Å². The molecule has 9 heteroatoms. The van der Waals surface area contributed by atoms with Crippen LogP contribution in [-0.4, -0.2) is 47.2 Å². The van der Waals surface area contributed by atoms with Gasteiger partial charge >= 0.3 is 0 Å². The normalized spacial score (nSPS) is 19.0. The lowest BCUT2D eigenvalue weighted by molar-refractivity contribution is 0.173. The molecule has 0 amide bonds. The van der Waals surface area contributed by atoms with E-state index in [0.29, 0.717) is 6.54 Å². The van der Waals surface area contributed by atoms with Crippen molar-refractivity contribution in [2.75, 3.05) is 19.3 Å². The molecule has 0 bridgehead atoms. The molecule has 1 N–H and O–H groups in total. The van der Waals surface area contributed by atoms with E-state index in [1.165, 1.54) is 16.8 Å². The molecule has 0 saturated heterocycles. The summed E-state index contributed by atoms with van der Waals surface area (Å²) >= 11 is 1.68. The predicted molar refractivity (Wildman–Crippen MR) is 89.7 cm³/mol. The van der Waals surface area contributed by atoms with Crippen molar-refractivity contribution in [2.45, 2.75) is 32.5 Å². The average molecular weight is 355 g/mol. The number of aryl methyl sites for hydroxylation is 1. The first-order valence-corrected chi connectivity index (χ1v) is 10.3. The minimum Gasteiger partial charge on any atom is -0.329 e. The summed E-state index contributed by atoms with van der Waals surface area (Å²) in [4.78, 5) is 12.2. The second-order valence-electron chi connectivity index (χ2n) is 5.93. The smallest absolute Gasteiger partial charge is 0.208 e. The highest BCUT2D eigenvalue weighted by atomic mass is 32.2. The minimum atomic E-state index is -3.14. The zero-order chi connectivity index (χ0) is 16.4. The van der Waals surface area contributed by atoms with Crippen LogP contribution in [-0.2, 0) is 23.1 Å². The molecule has 126 valence electrons. The fourth-order valence-electron chi connectivity index (χ4n) is 2.91. The van der Waals surface area contributed by atoms with Gasteiger partial charge in [-0.05, 0) is 13.3 Å². The van der Waals surface area contributed by atoms with E-state index >= 15 is 0 Å². The second-order valence-corrected chi connectivity index (χ2v) is 8.70. The van der Waals surface area contributed by atoms with E-state index in [-0.39, 0.29) is 6.04 Å². The van der Waals surface area contributed by atoms with Crippen molar-refractivity contribution in [1.29, 1.82) is 0 Å². The van der Waals surface area contributed by atoms with Crippen LogP contribution in [0.4, 0.5) is 0 Å². The number of nitrogens with one attached hydrogen (secondary N) is 1. The van der Waals surface area contributed by atoms with Crippen molar-refractivity contribution in [3.63, 3.8) is 0 Å². The molecule has 0 aromatic carbocycles. The molecular weight excluding hydrogens is 334 g/mol. The van der Waals surface area contributed by atoms with Crippen LogP contribution in [0, 0.1) is 6.92 Å². The Hall–Kier alpha value is -1.29. The number of hydrogen-bond donors (Lipinski definition) is 1. The van der Waals surface area contributed by atoms with Crippen molar-refractivity contribution in [3.05, 3.63) is 34.3 Å². The van der Waals surface area contributed by atoms with E-state index in [1.54, 1.807) is 11.3 Å². The Labute approximate surface area is 140 Å². The van der Waals surface area contributed by atoms with E-state index in [2.05, 4.69) is 24.2 Å². The van der Waals surface area contributed by atoms with Crippen molar-refractivity contribution in [3.8, 4) is 0 Å². The summed E-state index contributed by atoms with van der Waals surface area (Å²) in [6, 6.07) is 0.226. The molecule has 0 aliphatic carbocycles. The zero-order valence-electron chi connectivity index (χ0n) is 13.3. The average Bonchev–Trinajstić information content (AvgIpc) is 3.07. The van der Waals surface area contributed by atoms with Gasteiger partial charge in [0, 0.05) is 43.3 Å². The fourth-order valence-corrected chi connectivity index (χ4v) is 4.21. The van der Waals surface area contributed by atoms with Crippen LogP contribution in [0.25, 0.3) is 0 Å². The summed E-state index contributed by atoms with van der Waals surface area (Å²) in [7, 11) is -3.14. The lowest BCUT2D eigenvalue weighted by Crippen LogP contribution is -2.38. The zero-order valence-corrected chi connectivity index (χ0v) is 14.9. The molecule has 1 aliphatic rings. The quantitative estimate of drug-likeness (QED) is 0.841. The van der Waals surface area contributed by atoms with Gasteiger partial charge in [-0.3, -0.25) is 4.90 Å². The van der Waals surface area contributed by atoms with Gasteiger partial charge in [-0.1, -0.05) is 0 Å². The molecule has 23 heavy (non-hydrogen) atoms. The summed E-state index contributed by atoms with van der Waals surface area (Å²) in [6.45, 7) is 5.08. The Balaban J connectivity index is 1.68. The van der Waals surface area contributed by atoms with Gasteiger partial charge in [0.05, 0.1) is 29.5 Å². The van der Waals surface area contributed by atoms with Crippen LogP contribution in [0.3, 0.4) is 0 Å². The number of aromatic nitrogens is 3. The molecule has 7 nitrogen and oxygen atoms in total. The van der Waals surface area contributed by atoms with E-state index in [0.717, 1.165) is 31.7 Å². The third-order valence-corrected chi connectivity index (χ3v) is 5.70. The van der Waals surface area contributed by atoms with Gasteiger partial charge in [0.1, 0.15) is 0 Å². The van der Waals surface area contributed by atoms with Gasteiger partial charge in [0.15, 0.2) is 0 Å². The van der Waals surface area contributed by atoms with E-state index < -0.39 is 10.0 Å². The Bertz CT molecular complexity index is 768. The second kappa shape index (κ2) is 6.68. The Morgan fingerprint density at radius 2 is 2.30 bits per heavy atom. The predicted octanol–water partition coefficient (Wildman–Crippen LogP) is 1.14. The molecule has 2 aromatic rings. The number of nitrogens with zero attached hydrogens (tertiary/aromatic N) is 4. The monoisotopic (exact) mass is 355 g/mol. The van der Waals surface area contributed by atoms with Gasteiger partial charge in [-0.25, -0.2) is 23.1 Å². The Kier molecular flexibility index (Phi) is 4.81. The van der Waals surface area contributed by atoms with E-state index in [4.69, 9.17) is 0 Å². The maximum Gasteiger partial charge on any atom is 0.208 e. The molecule has 2 aromatic heterocycles. The van der Waals surface area contributed by atoms with Crippen molar-refractivity contribution < 1.29 is 8.42 Å². The summed E-state index contributed by atoms with van der Waals surface area (Å²) < 4.78 is 27.2. The maximum atomic E-state index is 11.2. The first-order valence-electron chi connectivity index (χ1n) is 7.49. The molecule has 1 aliphatic heterocycles. The van der Waals surface area contributed by atoms with Crippen LogP contribution >= 0.6 is 11.3 Å². The lowest BCUT2D eigenvalue weighted by atomic mass is 10.1. The SMILES string of the molecule is Cc1ncsc1CN1Cc2cncn2[C@@H](CCNS(C)(=O)=O)C1. The van der Waals surface area contributed by atoms with Crippen LogP contribution < -0.4 is 4.72 Å². The largest absolute Gasteiger partial charge is 0.329 e. The third kappa shape index (κ3) is 4.17. The van der Waals surface area contributed by atoms with Crippen LogP contribution in [0.2, 0.25) is 0 Å². The molecule has 0 spiro atoms.